The van der Waals surface area contributed by atoms with E-state index in [1.807, 2.05) is 18.5 Å². The van der Waals surface area contributed by atoms with E-state index in [-0.39, 0.29) is 0 Å². The molecule has 17 heavy (non-hydrogen) atoms. The molecule has 1 aromatic rings. The molecule has 0 amide bonds. The topological polar surface area (TPSA) is 24.9 Å². The Kier molecular flexibility index (Phi) is 2.26. The molecule has 3 atom stereocenters. The van der Waals surface area contributed by atoms with Gasteiger partial charge in [0.15, 0.2) is 0 Å². The lowest BCUT2D eigenvalue weighted by atomic mass is 9.69. The average molecular weight is 230 g/mol. The van der Waals surface area contributed by atoms with Crippen molar-refractivity contribution in [2.45, 2.75) is 46.1 Å². The molecule has 2 bridgehead atoms. The number of aromatic nitrogens is 1. The fraction of sp³-hybridized carbons (Fsp3) is 0.667. The molecule has 3 unspecified atom stereocenters. The van der Waals surface area contributed by atoms with Crippen molar-refractivity contribution in [1.82, 2.24) is 4.98 Å². The van der Waals surface area contributed by atoms with Crippen LogP contribution < -0.4 is 5.32 Å². The molecule has 2 heteroatoms. The summed E-state index contributed by atoms with van der Waals surface area (Å²) in [6.07, 6.45) is 7.86. The van der Waals surface area contributed by atoms with Crippen LogP contribution in [0.15, 0.2) is 24.5 Å². The highest BCUT2D eigenvalue weighted by Gasteiger charge is 2.61. The van der Waals surface area contributed by atoms with E-state index < -0.39 is 0 Å². The summed E-state index contributed by atoms with van der Waals surface area (Å²) in [6.45, 7) is 7.37. The number of nitrogens with one attached hydrogen (secondary N) is 1. The summed E-state index contributed by atoms with van der Waals surface area (Å²) in [5, 5.41) is 3.71. The molecule has 92 valence electrons. The van der Waals surface area contributed by atoms with Gasteiger partial charge in [0.1, 0.15) is 0 Å². The second-order valence-electron chi connectivity index (χ2n) is 6.55. The lowest BCUT2D eigenvalue weighted by Crippen LogP contribution is -2.40. The van der Waals surface area contributed by atoms with E-state index in [1.54, 1.807) is 0 Å². The second-order valence-corrected chi connectivity index (χ2v) is 6.55. The minimum absolute atomic E-state index is 0.438. The van der Waals surface area contributed by atoms with Crippen molar-refractivity contribution in [3.05, 3.63) is 24.5 Å². The van der Waals surface area contributed by atoms with Crippen molar-refractivity contribution in [2.75, 3.05) is 5.32 Å². The molecule has 2 saturated carbocycles. The first-order chi connectivity index (χ1) is 8.04. The van der Waals surface area contributed by atoms with Gasteiger partial charge in [0, 0.05) is 18.4 Å². The maximum absolute atomic E-state index is 4.19. The highest BCUT2D eigenvalue weighted by Crippen LogP contribution is 2.65. The molecular formula is C15H22N2. The number of hydrogen-bond donors (Lipinski definition) is 1. The Bertz CT molecular complexity index is 412. The van der Waals surface area contributed by atoms with E-state index in [9.17, 15) is 0 Å². The summed E-state index contributed by atoms with van der Waals surface area (Å²) < 4.78 is 0. The number of anilines is 1. The van der Waals surface area contributed by atoms with E-state index in [2.05, 4.69) is 37.1 Å². The molecule has 1 aromatic heterocycles. The van der Waals surface area contributed by atoms with Crippen molar-refractivity contribution in [3.8, 4) is 0 Å². The Morgan fingerprint density at radius 3 is 2.71 bits per heavy atom. The van der Waals surface area contributed by atoms with E-state index in [1.165, 1.54) is 24.9 Å². The molecule has 0 aliphatic heterocycles. The predicted octanol–water partition coefficient (Wildman–Crippen LogP) is 3.71. The van der Waals surface area contributed by atoms with Crippen molar-refractivity contribution in [1.29, 1.82) is 0 Å². The van der Waals surface area contributed by atoms with Crippen LogP contribution in [0.4, 0.5) is 5.69 Å². The van der Waals surface area contributed by atoms with E-state index in [4.69, 9.17) is 0 Å². The van der Waals surface area contributed by atoms with Gasteiger partial charge in [-0.2, -0.15) is 0 Å². The van der Waals surface area contributed by atoms with Gasteiger partial charge in [0.25, 0.3) is 0 Å². The van der Waals surface area contributed by atoms with Crippen LogP contribution in [-0.2, 0) is 0 Å². The van der Waals surface area contributed by atoms with Crippen LogP contribution in [-0.4, -0.2) is 11.0 Å². The Morgan fingerprint density at radius 1 is 1.35 bits per heavy atom. The smallest absolute Gasteiger partial charge is 0.0529 e. The predicted molar refractivity (Wildman–Crippen MR) is 70.9 cm³/mol. The fourth-order valence-corrected chi connectivity index (χ4v) is 4.07. The normalized spacial score (nSPS) is 38.3. The summed E-state index contributed by atoms with van der Waals surface area (Å²) in [5.41, 5.74) is 2.09. The maximum Gasteiger partial charge on any atom is 0.0529 e. The average Bonchev–Trinajstić information content (AvgIpc) is 2.63. The van der Waals surface area contributed by atoms with Gasteiger partial charge in [0.05, 0.1) is 5.69 Å². The van der Waals surface area contributed by atoms with Gasteiger partial charge in [0.2, 0.25) is 0 Å². The number of pyridine rings is 1. The molecule has 0 saturated heterocycles. The first-order valence-electron chi connectivity index (χ1n) is 6.70. The molecule has 2 aliphatic rings. The van der Waals surface area contributed by atoms with Gasteiger partial charge >= 0.3 is 0 Å². The molecule has 2 aliphatic carbocycles. The molecule has 2 fully saturated rings. The van der Waals surface area contributed by atoms with Crippen LogP contribution in [0.3, 0.4) is 0 Å². The summed E-state index contributed by atoms with van der Waals surface area (Å²) in [4.78, 5) is 4.19. The van der Waals surface area contributed by atoms with Gasteiger partial charge in [-0.15, -0.1) is 0 Å². The minimum atomic E-state index is 0.438. The SMILES string of the molecule is CC1(C)C2CCC1(C)C(Nc1cccnc1)C2. The van der Waals surface area contributed by atoms with Gasteiger partial charge in [-0.05, 0) is 48.1 Å². The van der Waals surface area contributed by atoms with E-state index in [0.717, 1.165) is 5.92 Å². The molecule has 1 N–H and O–H groups in total. The van der Waals surface area contributed by atoms with Gasteiger partial charge in [-0.1, -0.05) is 20.8 Å². The highest BCUT2D eigenvalue weighted by molar-refractivity contribution is 5.42. The Balaban J connectivity index is 1.83. The zero-order chi connectivity index (χ0) is 12.1. The summed E-state index contributed by atoms with van der Waals surface area (Å²) in [5.74, 6) is 0.890. The maximum atomic E-state index is 4.19. The lowest BCUT2D eigenvalue weighted by Gasteiger charge is -2.39. The first kappa shape index (κ1) is 11.1. The van der Waals surface area contributed by atoms with Gasteiger partial charge < -0.3 is 5.32 Å². The van der Waals surface area contributed by atoms with Crippen molar-refractivity contribution >= 4 is 5.69 Å². The Labute approximate surface area is 104 Å². The van der Waals surface area contributed by atoms with Crippen LogP contribution in [0.5, 0.6) is 0 Å². The van der Waals surface area contributed by atoms with Crippen LogP contribution in [0.25, 0.3) is 0 Å². The summed E-state index contributed by atoms with van der Waals surface area (Å²) >= 11 is 0. The van der Waals surface area contributed by atoms with Gasteiger partial charge in [-0.3, -0.25) is 4.98 Å². The first-order valence-corrected chi connectivity index (χ1v) is 6.70. The number of nitrogens with zero attached hydrogens (tertiary/aromatic N) is 1. The highest BCUT2D eigenvalue weighted by atomic mass is 15.0. The van der Waals surface area contributed by atoms with Gasteiger partial charge in [-0.25, -0.2) is 0 Å². The number of fused-ring (bicyclic) bond motifs is 2. The number of hydrogen-bond acceptors (Lipinski definition) is 2. The molecule has 3 rings (SSSR count). The quantitative estimate of drug-likeness (QED) is 0.837. The summed E-state index contributed by atoms with van der Waals surface area (Å²) in [7, 11) is 0. The van der Waals surface area contributed by atoms with Crippen molar-refractivity contribution in [2.24, 2.45) is 16.7 Å². The van der Waals surface area contributed by atoms with E-state index >= 15 is 0 Å². The Hall–Kier alpha value is -1.05. The van der Waals surface area contributed by atoms with Crippen LogP contribution in [0, 0.1) is 16.7 Å². The molecule has 0 radical (unpaired) electrons. The molecule has 1 heterocycles. The second kappa shape index (κ2) is 3.47. The third-order valence-electron chi connectivity index (χ3n) is 5.80. The van der Waals surface area contributed by atoms with Crippen molar-refractivity contribution in [3.63, 3.8) is 0 Å². The standard InChI is InChI=1S/C15H22N2/c1-14(2)11-6-7-15(14,3)13(9-11)17-12-5-4-8-16-10-12/h4-5,8,10-11,13,17H,6-7,9H2,1-3H3. The molecule has 0 aromatic carbocycles. The lowest BCUT2D eigenvalue weighted by molar-refractivity contribution is 0.142. The summed E-state index contributed by atoms with van der Waals surface area (Å²) in [6, 6.07) is 4.73. The third-order valence-corrected chi connectivity index (χ3v) is 5.80. The van der Waals surface area contributed by atoms with Crippen molar-refractivity contribution < 1.29 is 0 Å². The fourth-order valence-electron chi connectivity index (χ4n) is 4.07. The monoisotopic (exact) mass is 230 g/mol. The third kappa shape index (κ3) is 1.42. The molecular weight excluding hydrogens is 208 g/mol. The number of rotatable bonds is 2. The molecule has 2 nitrogen and oxygen atoms in total. The van der Waals surface area contributed by atoms with Crippen LogP contribution in [0.2, 0.25) is 0 Å². The minimum Gasteiger partial charge on any atom is -0.380 e. The zero-order valence-corrected chi connectivity index (χ0v) is 11.0. The van der Waals surface area contributed by atoms with E-state index in [0.29, 0.717) is 16.9 Å². The largest absolute Gasteiger partial charge is 0.380 e. The Morgan fingerprint density at radius 2 is 2.18 bits per heavy atom. The van der Waals surface area contributed by atoms with Crippen LogP contribution >= 0.6 is 0 Å². The van der Waals surface area contributed by atoms with Crippen LogP contribution in [0.1, 0.15) is 40.0 Å². The zero-order valence-electron chi connectivity index (χ0n) is 11.0. The molecule has 0 spiro atoms.